The molecule has 1 amide bonds. The molecule has 28 heavy (non-hydrogen) atoms. The Morgan fingerprint density at radius 2 is 1.96 bits per heavy atom. The number of Topliss-reactive ketones (excluding diaryl/α,β-unsaturated/α-hetero) is 1. The van der Waals surface area contributed by atoms with Gasteiger partial charge in [-0.15, -0.1) is 5.10 Å². The summed E-state index contributed by atoms with van der Waals surface area (Å²) in [6, 6.07) is 12.9. The molecule has 1 atom stereocenters. The summed E-state index contributed by atoms with van der Waals surface area (Å²) in [5.74, 6) is -0.456. The average Bonchev–Trinajstić information content (AvgIpc) is 3.14. The van der Waals surface area contributed by atoms with Crippen molar-refractivity contribution in [1.82, 2.24) is 25.5 Å². The van der Waals surface area contributed by atoms with Gasteiger partial charge in [0, 0.05) is 12.5 Å². The van der Waals surface area contributed by atoms with Gasteiger partial charge in [0.25, 0.3) is 0 Å². The number of ketones is 1. The number of halogens is 1. The molecule has 0 aliphatic heterocycles. The van der Waals surface area contributed by atoms with Gasteiger partial charge in [-0.3, -0.25) is 9.59 Å². The van der Waals surface area contributed by atoms with Gasteiger partial charge < -0.3 is 5.32 Å². The summed E-state index contributed by atoms with van der Waals surface area (Å²) in [6.45, 7) is 3.34. The summed E-state index contributed by atoms with van der Waals surface area (Å²) in [7, 11) is 0. The lowest BCUT2D eigenvalue weighted by molar-refractivity contribution is -0.119. The van der Waals surface area contributed by atoms with Gasteiger partial charge in [0.15, 0.2) is 5.78 Å². The minimum atomic E-state index is -0.395. The number of carbonyl (C=O) groups excluding carboxylic acids is 2. The zero-order chi connectivity index (χ0) is 20.1. The van der Waals surface area contributed by atoms with E-state index in [-0.39, 0.29) is 23.5 Å². The molecule has 9 heteroatoms. The Balaban J connectivity index is 1.65. The van der Waals surface area contributed by atoms with Gasteiger partial charge in [0.2, 0.25) is 11.1 Å². The molecule has 0 spiro atoms. The Labute approximate surface area is 165 Å². The van der Waals surface area contributed by atoms with Crippen LogP contribution in [-0.2, 0) is 4.79 Å². The summed E-state index contributed by atoms with van der Waals surface area (Å²) in [6.07, 6.45) is 0. The van der Waals surface area contributed by atoms with Crippen molar-refractivity contribution in [1.29, 1.82) is 0 Å². The molecule has 0 aliphatic rings. The van der Waals surface area contributed by atoms with Gasteiger partial charge in [0.1, 0.15) is 5.82 Å². The van der Waals surface area contributed by atoms with Crippen LogP contribution < -0.4 is 5.32 Å². The predicted octanol–water partition coefficient (Wildman–Crippen LogP) is 2.97. The van der Waals surface area contributed by atoms with E-state index in [9.17, 15) is 14.0 Å². The molecule has 0 fully saturated rings. The molecule has 0 bridgehead atoms. The number of hydrogen-bond acceptors (Lipinski definition) is 6. The van der Waals surface area contributed by atoms with Gasteiger partial charge in [-0.05, 0) is 41.1 Å². The number of tetrazole rings is 1. The van der Waals surface area contributed by atoms with Gasteiger partial charge in [0.05, 0.1) is 17.5 Å². The van der Waals surface area contributed by atoms with Crippen molar-refractivity contribution in [3.8, 4) is 5.69 Å². The Morgan fingerprint density at radius 3 is 2.64 bits per heavy atom. The third kappa shape index (κ3) is 4.80. The van der Waals surface area contributed by atoms with E-state index >= 15 is 0 Å². The van der Waals surface area contributed by atoms with Gasteiger partial charge in [-0.2, -0.15) is 4.68 Å². The molecule has 1 aromatic heterocycles. The normalized spacial score (nSPS) is 11.8. The van der Waals surface area contributed by atoms with E-state index in [1.165, 1.54) is 35.5 Å². The van der Waals surface area contributed by atoms with Crippen LogP contribution in [0.25, 0.3) is 5.69 Å². The zero-order valence-corrected chi connectivity index (χ0v) is 16.1. The van der Waals surface area contributed by atoms with E-state index in [1.54, 1.807) is 24.3 Å². The van der Waals surface area contributed by atoms with E-state index in [0.29, 0.717) is 16.4 Å². The van der Waals surface area contributed by atoms with E-state index in [2.05, 4.69) is 20.8 Å². The second-order valence-electron chi connectivity index (χ2n) is 6.11. The second-order valence-corrected chi connectivity index (χ2v) is 7.05. The quantitative estimate of drug-likeness (QED) is 0.485. The molecule has 2 aromatic carbocycles. The highest BCUT2D eigenvalue weighted by atomic mass is 32.2. The fourth-order valence-electron chi connectivity index (χ4n) is 2.60. The SMILES string of the molecule is CC(=O)N[C@@H](C)c1ccc(C(=O)CSc2nnnn2-c2cccc(F)c2)cc1. The lowest BCUT2D eigenvalue weighted by atomic mass is 10.0. The summed E-state index contributed by atoms with van der Waals surface area (Å²) in [4.78, 5) is 23.6. The summed E-state index contributed by atoms with van der Waals surface area (Å²) >= 11 is 1.17. The molecule has 7 nitrogen and oxygen atoms in total. The van der Waals surface area contributed by atoms with Crippen molar-refractivity contribution in [2.75, 3.05) is 5.75 Å². The number of nitrogens with zero attached hydrogens (tertiary/aromatic N) is 4. The molecular formula is C19H18FN5O2S. The van der Waals surface area contributed by atoms with Crippen LogP contribution in [0.3, 0.4) is 0 Å². The van der Waals surface area contributed by atoms with Crippen molar-refractivity contribution in [3.63, 3.8) is 0 Å². The number of rotatable bonds is 7. The van der Waals surface area contributed by atoms with Gasteiger partial charge >= 0.3 is 0 Å². The number of thioether (sulfide) groups is 1. The predicted molar refractivity (Wildman–Crippen MR) is 103 cm³/mol. The van der Waals surface area contributed by atoms with Crippen molar-refractivity contribution in [2.24, 2.45) is 0 Å². The van der Waals surface area contributed by atoms with E-state index < -0.39 is 5.82 Å². The summed E-state index contributed by atoms with van der Waals surface area (Å²) < 4.78 is 14.8. The first kappa shape index (κ1) is 19.7. The zero-order valence-electron chi connectivity index (χ0n) is 15.3. The second kappa shape index (κ2) is 8.75. The van der Waals surface area contributed by atoms with E-state index in [4.69, 9.17) is 0 Å². The first-order valence-electron chi connectivity index (χ1n) is 8.51. The molecule has 3 aromatic rings. The third-order valence-corrected chi connectivity index (χ3v) is 4.90. The van der Waals surface area contributed by atoms with Crippen molar-refractivity contribution < 1.29 is 14.0 Å². The fraction of sp³-hybridized carbons (Fsp3) is 0.211. The Hall–Kier alpha value is -3.07. The fourth-order valence-corrected chi connectivity index (χ4v) is 3.38. The molecule has 0 saturated heterocycles. The standard InChI is InChI=1S/C19H18FN5O2S/c1-12(21-13(2)26)14-6-8-15(9-7-14)18(27)11-28-19-22-23-24-25(19)17-5-3-4-16(20)10-17/h3-10,12H,11H2,1-2H3,(H,21,26)/t12-/m0/s1. The van der Waals surface area contributed by atoms with Crippen LogP contribution in [0.4, 0.5) is 4.39 Å². The molecule has 0 unspecified atom stereocenters. The van der Waals surface area contributed by atoms with Gasteiger partial charge in [-0.1, -0.05) is 42.1 Å². The third-order valence-electron chi connectivity index (χ3n) is 3.98. The lowest BCUT2D eigenvalue weighted by Gasteiger charge is -2.13. The average molecular weight is 399 g/mol. The van der Waals surface area contributed by atoms with Crippen molar-refractivity contribution in [3.05, 3.63) is 65.5 Å². The topological polar surface area (TPSA) is 89.8 Å². The van der Waals surface area contributed by atoms with E-state index in [1.807, 2.05) is 19.1 Å². The Kier molecular flexibility index (Phi) is 6.15. The highest BCUT2D eigenvalue weighted by Gasteiger charge is 2.14. The Bertz CT molecular complexity index is 990. The minimum Gasteiger partial charge on any atom is -0.350 e. The number of aromatic nitrogens is 4. The van der Waals surface area contributed by atoms with Crippen molar-refractivity contribution in [2.45, 2.75) is 25.0 Å². The highest BCUT2D eigenvalue weighted by Crippen LogP contribution is 2.21. The molecule has 0 radical (unpaired) electrons. The van der Waals surface area contributed by atoms with Crippen LogP contribution in [0, 0.1) is 5.82 Å². The number of nitrogens with one attached hydrogen (secondary N) is 1. The van der Waals surface area contributed by atoms with Gasteiger partial charge in [-0.25, -0.2) is 4.39 Å². The number of hydrogen-bond donors (Lipinski definition) is 1. The largest absolute Gasteiger partial charge is 0.350 e. The maximum Gasteiger partial charge on any atom is 0.217 e. The lowest BCUT2D eigenvalue weighted by Crippen LogP contribution is -2.23. The minimum absolute atomic E-state index is 0.0856. The number of carbonyl (C=O) groups is 2. The number of amides is 1. The van der Waals surface area contributed by atoms with E-state index in [0.717, 1.165) is 5.56 Å². The van der Waals surface area contributed by atoms with Crippen LogP contribution in [0.15, 0.2) is 53.7 Å². The molecular weight excluding hydrogens is 381 g/mol. The Morgan fingerprint density at radius 1 is 1.21 bits per heavy atom. The van der Waals surface area contributed by atoms with Crippen molar-refractivity contribution >= 4 is 23.5 Å². The monoisotopic (exact) mass is 399 g/mol. The van der Waals surface area contributed by atoms with Crippen LogP contribution in [-0.4, -0.2) is 37.7 Å². The molecule has 0 aliphatic carbocycles. The summed E-state index contributed by atoms with van der Waals surface area (Å²) in [5, 5.41) is 14.6. The maximum atomic E-state index is 13.4. The van der Waals surface area contributed by atoms with Crippen LogP contribution >= 0.6 is 11.8 Å². The summed E-state index contributed by atoms with van der Waals surface area (Å²) in [5.41, 5.74) is 1.95. The van der Waals surface area contributed by atoms with Crippen LogP contribution in [0.5, 0.6) is 0 Å². The molecule has 1 heterocycles. The first-order valence-corrected chi connectivity index (χ1v) is 9.50. The molecule has 3 rings (SSSR count). The molecule has 0 saturated carbocycles. The van der Waals surface area contributed by atoms with Crippen LogP contribution in [0.2, 0.25) is 0 Å². The smallest absolute Gasteiger partial charge is 0.217 e. The number of benzene rings is 2. The first-order chi connectivity index (χ1) is 13.4. The maximum absolute atomic E-state index is 13.4. The van der Waals surface area contributed by atoms with Crippen LogP contribution in [0.1, 0.15) is 35.8 Å². The molecule has 144 valence electrons. The molecule has 1 N–H and O–H groups in total. The highest BCUT2D eigenvalue weighted by molar-refractivity contribution is 7.99.